The summed E-state index contributed by atoms with van der Waals surface area (Å²) in [5.74, 6) is -2.79. The molecular weight excluding hydrogens is 274 g/mol. The molecule has 0 rings (SSSR count). The lowest BCUT2D eigenvalue weighted by atomic mass is 10.3. The maximum Gasteiger partial charge on any atom is 0.323 e. The van der Waals surface area contributed by atoms with Gasteiger partial charge in [-0.25, -0.2) is 4.79 Å². The molecular formula is C9H17N5O6. The van der Waals surface area contributed by atoms with Crippen molar-refractivity contribution in [3.63, 3.8) is 0 Å². The van der Waals surface area contributed by atoms with Crippen molar-refractivity contribution in [2.24, 2.45) is 5.73 Å². The quantitative estimate of drug-likeness (QED) is 0.245. The van der Waals surface area contributed by atoms with Crippen molar-refractivity contribution < 1.29 is 29.4 Å². The van der Waals surface area contributed by atoms with Crippen LogP contribution in [0.25, 0.3) is 0 Å². The van der Waals surface area contributed by atoms with E-state index in [9.17, 15) is 19.2 Å². The molecule has 0 aliphatic rings. The van der Waals surface area contributed by atoms with Gasteiger partial charge in [0.05, 0.1) is 6.61 Å². The van der Waals surface area contributed by atoms with Crippen LogP contribution in [-0.4, -0.2) is 59.3 Å². The van der Waals surface area contributed by atoms with Crippen molar-refractivity contribution in [2.75, 3.05) is 13.2 Å². The van der Waals surface area contributed by atoms with Crippen molar-refractivity contribution in [1.82, 2.24) is 21.5 Å². The number of carboxylic acids is 1. The van der Waals surface area contributed by atoms with E-state index in [4.69, 9.17) is 15.9 Å². The van der Waals surface area contributed by atoms with E-state index in [2.05, 4.69) is 5.32 Å². The molecule has 11 heteroatoms. The number of carbonyl (C=O) groups excluding carboxylic acids is 3. The summed E-state index contributed by atoms with van der Waals surface area (Å²) in [4.78, 5) is 43.9. The van der Waals surface area contributed by atoms with Crippen LogP contribution in [0, 0.1) is 0 Å². The highest BCUT2D eigenvalue weighted by Crippen LogP contribution is 1.82. The molecule has 4 amide bonds. The minimum absolute atomic E-state index is 0.590. The Hall–Kier alpha value is -2.40. The third kappa shape index (κ3) is 7.13. The average Bonchev–Trinajstić information content (AvgIpc) is 2.40. The predicted molar refractivity (Wildman–Crippen MR) is 65.0 cm³/mol. The van der Waals surface area contributed by atoms with Gasteiger partial charge in [0.15, 0.2) is 0 Å². The fourth-order valence-corrected chi connectivity index (χ4v) is 0.876. The monoisotopic (exact) mass is 291 g/mol. The van der Waals surface area contributed by atoms with E-state index < -0.39 is 49.1 Å². The number of aliphatic carboxylic acids is 1. The molecule has 0 spiro atoms. The van der Waals surface area contributed by atoms with E-state index in [-0.39, 0.29) is 0 Å². The molecule has 0 heterocycles. The topological polar surface area (TPSA) is 183 Å². The number of carbonyl (C=O) groups is 4. The van der Waals surface area contributed by atoms with Crippen LogP contribution in [0.4, 0.5) is 4.79 Å². The number of urea groups is 1. The molecule has 0 aromatic rings. The van der Waals surface area contributed by atoms with Gasteiger partial charge in [0.1, 0.15) is 18.6 Å². The van der Waals surface area contributed by atoms with Gasteiger partial charge in [0.2, 0.25) is 0 Å². The van der Waals surface area contributed by atoms with Crippen molar-refractivity contribution >= 4 is 23.8 Å². The van der Waals surface area contributed by atoms with E-state index in [0.717, 1.165) is 0 Å². The summed E-state index contributed by atoms with van der Waals surface area (Å²) in [6, 6.07) is -3.07. The third-order valence-corrected chi connectivity index (χ3v) is 1.98. The second-order valence-corrected chi connectivity index (χ2v) is 3.71. The highest BCUT2D eigenvalue weighted by molar-refractivity contribution is 5.90. The fraction of sp³-hybridized carbons (Fsp3) is 0.556. The molecule has 20 heavy (non-hydrogen) atoms. The molecule has 11 nitrogen and oxygen atoms in total. The molecule has 2 unspecified atom stereocenters. The summed E-state index contributed by atoms with van der Waals surface area (Å²) < 4.78 is 0. The predicted octanol–water partition coefficient (Wildman–Crippen LogP) is -3.77. The molecule has 0 saturated heterocycles. The van der Waals surface area contributed by atoms with Crippen molar-refractivity contribution in [3.8, 4) is 0 Å². The van der Waals surface area contributed by atoms with Crippen LogP contribution in [0.1, 0.15) is 6.92 Å². The van der Waals surface area contributed by atoms with Gasteiger partial charge in [0.25, 0.3) is 11.8 Å². The van der Waals surface area contributed by atoms with Crippen LogP contribution in [-0.2, 0) is 14.4 Å². The van der Waals surface area contributed by atoms with E-state index in [1.165, 1.54) is 6.92 Å². The Kier molecular flexibility index (Phi) is 7.62. The maximum atomic E-state index is 11.4. The number of hydrazine groups is 1. The number of amides is 4. The highest BCUT2D eigenvalue weighted by atomic mass is 16.4. The number of aliphatic hydroxyl groups excluding tert-OH is 1. The van der Waals surface area contributed by atoms with E-state index >= 15 is 0 Å². The Morgan fingerprint density at radius 1 is 1.15 bits per heavy atom. The first-order chi connectivity index (χ1) is 9.27. The molecule has 114 valence electrons. The summed E-state index contributed by atoms with van der Waals surface area (Å²) in [7, 11) is 0. The zero-order valence-electron chi connectivity index (χ0n) is 10.7. The zero-order valence-corrected chi connectivity index (χ0v) is 10.7. The first-order valence-corrected chi connectivity index (χ1v) is 5.50. The lowest BCUT2D eigenvalue weighted by Gasteiger charge is -2.15. The molecule has 0 aromatic carbocycles. The lowest BCUT2D eigenvalue weighted by Crippen LogP contribution is -2.56. The molecule has 0 saturated carbocycles. The van der Waals surface area contributed by atoms with Crippen molar-refractivity contribution in [3.05, 3.63) is 0 Å². The van der Waals surface area contributed by atoms with Gasteiger partial charge in [-0.3, -0.25) is 25.2 Å². The van der Waals surface area contributed by atoms with Crippen molar-refractivity contribution in [1.29, 1.82) is 0 Å². The Morgan fingerprint density at radius 2 is 1.70 bits per heavy atom. The van der Waals surface area contributed by atoms with Gasteiger partial charge in [-0.1, -0.05) is 0 Å². The van der Waals surface area contributed by atoms with Crippen molar-refractivity contribution in [2.45, 2.75) is 19.0 Å². The Morgan fingerprint density at radius 3 is 2.20 bits per heavy atom. The summed E-state index contributed by atoms with van der Waals surface area (Å²) in [6.07, 6.45) is 0. The summed E-state index contributed by atoms with van der Waals surface area (Å²) in [6.45, 7) is 0.128. The van der Waals surface area contributed by atoms with Crippen LogP contribution in [0.2, 0.25) is 0 Å². The minimum atomic E-state index is -1.23. The SMILES string of the molecule is CC(NC(=O)NCC(=O)O)C(=O)NNC(=O)C(N)CO. The number of hydrogen-bond donors (Lipinski definition) is 7. The first kappa shape index (κ1) is 17.6. The third-order valence-electron chi connectivity index (χ3n) is 1.98. The van der Waals surface area contributed by atoms with Crippen LogP contribution < -0.4 is 27.2 Å². The van der Waals surface area contributed by atoms with Crippen LogP contribution >= 0.6 is 0 Å². The molecule has 8 N–H and O–H groups in total. The summed E-state index contributed by atoms with van der Waals surface area (Å²) in [5.41, 5.74) is 9.11. The van der Waals surface area contributed by atoms with Crippen LogP contribution in [0.3, 0.4) is 0 Å². The van der Waals surface area contributed by atoms with E-state index in [1.807, 2.05) is 16.2 Å². The number of rotatable bonds is 6. The summed E-state index contributed by atoms with van der Waals surface area (Å²) in [5, 5.41) is 21.1. The number of aliphatic hydroxyl groups is 1. The largest absolute Gasteiger partial charge is 0.480 e. The second-order valence-electron chi connectivity index (χ2n) is 3.71. The standard InChI is InChI=1S/C9H17N5O6/c1-4(12-9(20)11-2-6(16)17)7(18)13-14-8(19)5(10)3-15/h4-5,15H,2-3,10H2,1H3,(H,13,18)(H,14,19)(H,16,17)(H2,11,12,20). The zero-order chi connectivity index (χ0) is 15.7. The van der Waals surface area contributed by atoms with Crippen LogP contribution in [0.15, 0.2) is 0 Å². The highest BCUT2D eigenvalue weighted by Gasteiger charge is 2.18. The number of hydrogen-bond acceptors (Lipinski definition) is 6. The molecule has 0 aliphatic carbocycles. The number of nitrogens with two attached hydrogens (primary N) is 1. The van der Waals surface area contributed by atoms with Crippen LogP contribution in [0.5, 0.6) is 0 Å². The Balaban J connectivity index is 4.06. The molecule has 0 radical (unpaired) electrons. The average molecular weight is 291 g/mol. The van der Waals surface area contributed by atoms with Gasteiger partial charge in [-0.05, 0) is 6.92 Å². The summed E-state index contributed by atoms with van der Waals surface area (Å²) >= 11 is 0. The minimum Gasteiger partial charge on any atom is -0.480 e. The van der Waals surface area contributed by atoms with Gasteiger partial charge >= 0.3 is 12.0 Å². The second kappa shape index (κ2) is 8.66. The van der Waals surface area contributed by atoms with Gasteiger partial charge in [0, 0.05) is 0 Å². The molecule has 0 bridgehead atoms. The molecule has 2 atom stereocenters. The van der Waals surface area contributed by atoms with Gasteiger partial charge in [-0.2, -0.15) is 0 Å². The van der Waals surface area contributed by atoms with Gasteiger partial charge < -0.3 is 26.6 Å². The molecule has 0 aliphatic heterocycles. The lowest BCUT2D eigenvalue weighted by molar-refractivity contribution is -0.135. The van der Waals surface area contributed by atoms with E-state index in [0.29, 0.717) is 0 Å². The van der Waals surface area contributed by atoms with E-state index in [1.54, 1.807) is 0 Å². The Bertz CT molecular complexity index is 387. The number of nitrogens with one attached hydrogen (secondary N) is 4. The molecule has 0 aromatic heterocycles. The first-order valence-electron chi connectivity index (χ1n) is 5.50. The van der Waals surface area contributed by atoms with Gasteiger partial charge in [-0.15, -0.1) is 0 Å². The number of carboxylic acid groups (broad SMARTS) is 1. The normalized spacial score (nSPS) is 12.8. The molecule has 0 fully saturated rings. The maximum absolute atomic E-state index is 11.4. The fourth-order valence-electron chi connectivity index (χ4n) is 0.876. The smallest absolute Gasteiger partial charge is 0.323 e. The Labute approximate surface area is 113 Å².